The number of hydrogen-bond acceptors (Lipinski definition) is 2. The second-order valence-corrected chi connectivity index (χ2v) is 4.81. The molecule has 0 aliphatic heterocycles. The first-order valence-corrected chi connectivity index (χ1v) is 5.32. The summed E-state index contributed by atoms with van der Waals surface area (Å²) in [6.45, 7) is 8.89. The molecule has 0 rings (SSSR count). The van der Waals surface area contributed by atoms with Crippen molar-refractivity contribution in [1.29, 1.82) is 0 Å². The first-order valence-electron chi connectivity index (χ1n) is 5.32. The van der Waals surface area contributed by atoms with Gasteiger partial charge in [0.05, 0.1) is 12.6 Å². The molecular weight excluding hydrogens is 188 g/mol. The lowest BCUT2D eigenvalue weighted by Crippen LogP contribution is -2.50. The van der Waals surface area contributed by atoms with Crippen LogP contribution in [0.5, 0.6) is 0 Å². The second kappa shape index (κ2) is 5.77. The summed E-state index contributed by atoms with van der Waals surface area (Å²) in [7, 11) is 0. The predicted molar refractivity (Wildman–Crippen MR) is 63.1 cm³/mol. The maximum atomic E-state index is 12.0. The zero-order valence-electron chi connectivity index (χ0n) is 10.2. The Labute approximate surface area is 93.0 Å². The number of carbonyl (C=O) groups excluding carboxylic acids is 1. The molecular formula is C12H22N2O. The minimum atomic E-state index is -0.489. The summed E-state index contributed by atoms with van der Waals surface area (Å²) in [5, 5.41) is 0. The Morgan fingerprint density at radius 1 is 1.53 bits per heavy atom. The number of nitrogens with two attached hydrogens (primary N) is 1. The van der Waals surface area contributed by atoms with Gasteiger partial charge in [0.2, 0.25) is 5.91 Å². The third-order valence-electron chi connectivity index (χ3n) is 2.29. The van der Waals surface area contributed by atoms with E-state index in [1.165, 1.54) is 0 Å². The van der Waals surface area contributed by atoms with Gasteiger partial charge in [-0.05, 0) is 11.8 Å². The maximum Gasteiger partial charge on any atom is 0.240 e. The minimum Gasteiger partial charge on any atom is -0.330 e. The van der Waals surface area contributed by atoms with Crippen molar-refractivity contribution in [1.82, 2.24) is 4.90 Å². The fourth-order valence-electron chi connectivity index (χ4n) is 1.21. The minimum absolute atomic E-state index is 0.0534. The number of rotatable bonds is 4. The van der Waals surface area contributed by atoms with Crippen LogP contribution in [0.15, 0.2) is 0 Å². The van der Waals surface area contributed by atoms with E-state index in [1.54, 1.807) is 4.90 Å². The smallest absolute Gasteiger partial charge is 0.240 e. The largest absolute Gasteiger partial charge is 0.330 e. The van der Waals surface area contributed by atoms with Crippen molar-refractivity contribution in [2.24, 2.45) is 11.1 Å². The monoisotopic (exact) mass is 210 g/mol. The standard InChI is InChI=1S/C12H22N2O/c1-6-8-14(9-7-2)11(15)10(13)12(3,4)5/h1,10H,7-9,13H2,2-5H3/t10-/m1/s1. The van der Waals surface area contributed by atoms with Gasteiger partial charge in [0.1, 0.15) is 0 Å². The summed E-state index contributed by atoms with van der Waals surface area (Å²) in [5.74, 6) is 2.44. The van der Waals surface area contributed by atoms with Crippen LogP contribution in [0.1, 0.15) is 34.1 Å². The number of amides is 1. The van der Waals surface area contributed by atoms with Crippen molar-refractivity contribution < 1.29 is 4.79 Å². The highest BCUT2D eigenvalue weighted by atomic mass is 16.2. The molecule has 15 heavy (non-hydrogen) atoms. The molecule has 0 spiro atoms. The molecule has 1 atom stereocenters. The molecule has 3 nitrogen and oxygen atoms in total. The van der Waals surface area contributed by atoms with Crippen molar-refractivity contribution in [3.63, 3.8) is 0 Å². The van der Waals surface area contributed by atoms with E-state index in [4.69, 9.17) is 12.2 Å². The molecule has 2 N–H and O–H groups in total. The van der Waals surface area contributed by atoms with Crippen molar-refractivity contribution in [3.05, 3.63) is 0 Å². The predicted octanol–water partition coefficient (Wildman–Crippen LogP) is 1.23. The SMILES string of the molecule is C#CCN(CCC)C(=O)[C@@H](N)C(C)(C)C. The van der Waals surface area contributed by atoms with Gasteiger partial charge < -0.3 is 10.6 Å². The molecule has 0 aromatic heterocycles. The lowest BCUT2D eigenvalue weighted by Gasteiger charge is -2.31. The van der Waals surface area contributed by atoms with E-state index in [0.29, 0.717) is 13.1 Å². The summed E-state index contributed by atoms with van der Waals surface area (Å²) >= 11 is 0. The molecule has 0 aliphatic carbocycles. The number of carbonyl (C=O) groups is 1. The zero-order chi connectivity index (χ0) is 12.1. The van der Waals surface area contributed by atoms with E-state index in [0.717, 1.165) is 6.42 Å². The van der Waals surface area contributed by atoms with Crippen LogP contribution in [0, 0.1) is 17.8 Å². The Balaban J connectivity index is 4.57. The van der Waals surface area contributed by atoms with Crippen LogP contribution in [0.2, 0.25) is 0 Å². The Kier molecular flexibility index (Phi) is 5.38. The molecule has 3 heteroatoms. The number of nitrogens with zero attached hydrogens (tertiary/aromatic N) is 1. The van der Waals surface area contributed by atoms with Gasteiger partial charge in [-0.15, -0.1) is 6.42 Å². The third-order valence-corrected chi connectivity index (χ3v) is 2.29. The van der Waals surface area contributed by atoms with E-state index in [-0.39, 0.29) is 11.3 Å². The molecule has 1 amide bonds. The summed E-state index contributed by atoms with van der Waals surface area (Å²) < 4.78 is 0. The molecule has 0 aromatic rings. The van der Waals surface area contributed by atoms with E-state index in [1.807, 2.05) is 27.7 Å². The molecule has 0 heterocycles. The van der Waals surface area contributed by atoms with Gasteiger partial charge in [-0.25, -0.2) is 0 Å². The van der Waals surface area contributed by atoms with Crippen LogP contribution < -0.4 is 5.73 Å². The van der Waals surface area contributed by atoms with Crippen LogP contribution in [-0.4, -0.2) is 29.9 Å². The summed E-state index contributed by atoms with van der Waals surface area (Å²) in [6.07, 6.45) is 6.12. The molecule has 0 saturated heterocycles. The molecule has 0 aliphatic rings. The lowest BCUT2D eigenvalue weighted by atomic mass is 9.86. The van der Waals surface area contributed by atoms with Gasteiger partial charge in [0.25, 0.3) is 0 Å². The van der Waals surface area contributed by atoms with Gasteiger partial charge in [-0.1, -0.05) is 33.6 Å². The molecule has 0 bridgehead atoms. The van der Waals surface area contributed by atoms with Crippen LogP contribution in [-0.2, 0) is 4.79 Å². The highest BCUT2D eigenvalue weighted by molar-refractivity contribution is 5.82. The Hall–Kier alpha value is -1.01. The number of hydrogen-bond donors (Lipinski definition) is 1. The fraction of sp³-hybridized carbons (Fsp3) is 0.750. The molecule has 0 saturated carbocycles. The molecule has 86 valence electrons. The molecule has 0 fully saturated rings. The summed E-state index contributed by atoms with van der Waals surface area (Å²) in [5.41, 5.74) is 5.67. The summed E-state index contributed by atoms with van der Waals surface area (Å²) in [4.78, 5) is 13.6. The normalized spacial score (nSPS) is 13.1. The Morgan fingerprint density at radius 2 is 2.07 bits per heavy atom. The van der Waals surface area contributed by atoms with Gasteiger partial charge in [0.15, 0.2) is 0 Å². The highest BCUT2D eigenvalue weighted by Gasteiger charge is 2.30. The Bertz CT molecular complexity index is 247. The van der Waals surface area contributed by atoms with Crippen LogP contribution in [0.3, 0.4) is 0 Å². The molecule has 0 unspecified atom stereocenters. The van der Waals surface area contributed by atoms with Crippen LogP contribution >= 0.6 is 0 Å². The van der Waals surface area contributed by atoms with Crippen molar-refractivity contribution >= 4 is 5.91 Å². The topological polar surface area (TPSA) is 46.3 Å². The van der Waals surface area contributed by atoms with Crippen molar-refractivity contribution in [2.45, 2.75) is 40.2 Å². The highest BCUT2D eigenvalue weighted by Crippen LogP contribution is 2.19. The van der Waals surface area contributed by atoms with Gasteiger partial charge >= 0.3 is 0 Å². The lowest BCUT2D eigenvalue weighted by molar-refractivity contribution is -0.134. The van der Waals surface area contributed by atoms with Crippen LogP contribution in [0.25, 0.3) is 0 Å². The Morgan fingerprint density at radius 3 is 2.40 bits per heavy atom. The number of terminal acetylenes is 1. The first kappa shape index (κ1) is 14.0. The van der Waals surface area contributed by atoms with E-state index < -0.39 is 6.04 Å². The van der Waals surface area contributed by atoms with Crippen molar-refractivity contribution in [3.8, 4) is 12.3 Å². The quantitative estimate of drug-likeness (QED) is 0.709. The van der Waals surface area contributed by atoms with Crippen molar-refractivity contribution in [2.75, 3.05) is 13.1 Å². The average Bonchev–Trinajstić information content (AvgIpc) is 2.14. The van der Waals surface area contributed by atoms with Gasteiger partial charge in [0, 0.05) is 6.54 Å². The maximum absolute atomic E-state index is 12.0. The molecule has 0 aromatic carbocycles. The zero-order valence-corrected chi connectivity index (χ0v) is 10.2. The third kappa shape index (κ3) is 4.35. The van der Waals surface area contributed by atoms with Gasteiger partial charge in [-0.3, -0.25) is 4.79 Å². The second-order valence-electron chi connectivity index (χ2n) is 4.81. The van der Waals surface area contributed by atoms with Gasteiger partial charge in [-0.2, -0.15) is 0 Å². The van der Waals surface area contributed by atoms with E-state index >= 15 is 0 Å². The molecule has 0 radical (unpaired) electrons. The van der Waals surface area contributed by atoms with Crippen LogP contribution in [0.4, 0.5) is 0 Å². The first-order chi connectivity index (χ1) is 6.84. The fourth-order valence-corrected chi connectivity index (χ4v) is 1.21. The van der Waals surface area contributed by atoms with E-state index in [2.05, 4.69) is 5.92 Å². The summed E-state index contributed by atoms with van der Waals surface area (Å²) in [6, 6.07) is -0.489. The average molecular weight is 210 g/mol. The van der Waals surface area contributed by atoms with E-state index in [9.17, 15) is 4.79 Å².